The van der Waals surface area contributed by atoms with Crippen molar-refractivity contribution < 1.29 is 0 Å². The number of hydrogen-bond donors (Lipinski definition) is 0. The molecule has 0 atom stereocenters. The van der Waals surface area contributed by atoms with E-state index in [1.807, 2.05) is 0 Å². The summed E-state index contributed by atoms with van der Waals surface area (Å²) in [6.45, 7) is 9.66. The average Bonchev–Trinajstić information content (AvgIpc) is 1.52. The molecule has 0 spiro atoms. The molecule has 0 heterocycles. The summed E-state index contributed by atoms with van der Waals surface area (Å²) in [6.07, 6.45) is 0. The van der Waals surface area contributed by atoms with E-state index in [1.165, 1.54) is 251 Å². The lowest BCUT2D eigenvalue weighted by molar-refractivity contribution is 0.666. The van der Waals surface area contributed by atoms with E-state index in [-0.39, 0.29) is 10.8 Å². The van der Waals surface area contributed by atoms with Gasteiger partial charge >= 0.3 is 0 Å². The summed E-state index contributed by atoms with van der Waals surface area (Å²) in [5.74, 6) is 0. The average molecular weight is 1500 g/mol. The molecular weight excluding hydrogens is 1420 g/mol. The van der Waals surface area contributed by atoms with Crippen LogP contribution in [0.5, 0.6) is 0 Å². The Labute approximate surface area is 685 Å². The highest BCUT2D eigenvalue weighted by Gasteiger charge is 2.42. The zero-order valence-corrected chi connectivity index (χ0v) is 66.1. The van der Waals surface area contributed by atoms with E-state index in [9.17, 15) is 0 Å². The molecule has 2 aliphatic carbocycles. The molecule has 0 radical (unpaired) electrons. The fourth-order valence-electron chi connectivity index (χ4n) is 21.9. The summed E-state index contributed by atoms with van der Waals surface area (Å²) in [5.41, 5.74) is 26.0. The molecular formula is C118H78. The Bertz CT molecular complexity index is 8190. The molecule has 25 rings (SSSR count). The van der Waals surface area contributed by atoms with E-state index < -0.39 is 0 Å². The molecule has 0 unspecified atom stereocenters. The molecule has 0 heteroatoms. The second-order valence-corrected chi connectivity index (χ2v) is 33.8. The van der Waals surface area contributed by atoms with Crippen LogP contribution in [-0.2, 0) is 10.8 Å². The molecule has 0 aliphatic heterocycles. The Kier molecular flexibility index (Phi) is 14.9. The maximum Gasteiger partial charge on any atom is 0.0165 e. The van der Waals surface area contributed by atoms with Crippen LogP contribution in [0.25, 0.3) is 229 Å². The van der Waals surface area contributed by atoms with Gasteiger partial charge in [-0.25, -0.2) is 0 Å². The van der Waals surface area contributed by atoms with Gasteiger partial charge in [-0.2, -0.15) is 0 Å². The van der Waals surface area contributed by atoms with Gasteiger partial charge in [0.1, 0.15) is 0 Å². The van der Waals surface area contributed by atoms with Crippen LogP contribution in [0.2, 0.25) is 0 Å². The van der Waals surface area contributed by atoms with Crippen molar-refractivity contribution in [3.63, 3.8) is 0 Å². The Hall–Kier alpha value is -14.6. The summed E-state index contributed by atoms with van der Waals surface area (Å²) in [5, 5.41) is 33.5. The fourth-order valence-corrected chi connectivity index (χ4v) is 21.9. The highest BCUT2D eigenvalue weighted by Crippen LogP contribution is 2.60. The van der Waals surface area contributed by atoms with E-state index in [1.54, 1.807) is 0 Å². The Morgan fingerprint density at radius 1 is 0.136 bits per heavy atom. The lowest BCUT2D eigenvalue weighted by Gasteiger charge is -2.24. The van der Waals surface area contributed by atoms with E-state index >= 15 is 0 Å². The topological polar surface area (TPSA) is 0 Å². The molecule has 0 amide bonds. The summed E-state index contributed by atoms with van der Waals surface area (Å²) >= 11 is 0. The van der Waals surface area contributed by atoms with Crippen molar-refractivity contribution in [3.05, 3.63) is 423 Å². The first-order chi connectivity index (χ1) is 58.1. The molecule has 23 aromatic rings. The second-order valence-electron chi connectivity index (χ2n) is 33.8. The quantitative estimate of drug-likeness (QED) is 0.115. The van der Waals surface area contributed by atoms with Gasteiger partial charge in [-0.15, -0.1) is 0 Å². The van der Waals surface area contributed by atoms with Crippen LogP contribution in [0.15, 0.2) is 400 Å². The number of rotatable bonds is 6. The zero-order chi connectivity index (χ0) is 78.2. The predicted molar refractivity (Wildman–Crippen MR) is 508 cm³/mol. The Morgan fingerprint density at radius 2 is 0.424 bits per heavy atom. The van der Waals surface area contributed by atoms with E-state index in [0.29, 0.717) is 0 Å². The van der Waals surface area contributed by atoms with Crippen molar-refractivity contribution in [2.45, 2.75) is 38.5 Å². The predicted octanol–water partition coefficient (Wildman–Crippen LogP) is 33.0. The van der Waals surface area contributed by atoms with Crippen LogP contribution in [-0.4, -0.2) is 0 Å². The van der Waals surface area contributed by atoms with E-state index in [2.05, 4.69) is 428 Å². The van der Waals surface area contributed by atoms with Crippen molar-refractivity contribution in [1.82, 2.24) is 0 Å². The first-order valence-corrected chi connectivity index (χ1v) is 41.6. The van der Waals surface area contributed by atoms with Crippen molar-refractivity contribution >= 4 is 140 Å². The standard InChI is InChI=1S/C61H40.C57H38/c1-61(2)55-31-15-28-42(58(55)59-48-22-7-5-20-43(48)44-21-6-12-27-53(44)60(59)61)39-18-13-19-41(35-39)56-49-23-8-10-25-51(49)57(52-26-11-9-24-50(52)56)47-30-14-29-45-46(47)33-32-40-34-37-16-3-4-17-38(37)36-54(40)45;1-57(2)51-28-14-27-41(54(51)55-44-21-7-5-19-42(44)43-20-6-12-26-49(43)56(55)57)37-16-13-17-38(33-37)52-45-22-8-10-24-47(45)53(48-25-11-9-23-46(48)52)39-32-31-36-30-29-35-15-3-4-18-40(35)50(36)34-39/h3-36H,1-2H3;3-34H,1-2H3. The van der Waals surface area contributed by atoms with Gasteiger partial charge in [-0.3, -0.25) is 0 Å². The summed E-state index contributed by atoms with van der Waals surface area (Å²) in [7, 11) is 0. The first-order valence-electron chi connectivity index (χ1n) is 41.6. The van der Waals surface area contributed by atoms with Gasteiger partial charge < -0.3 is 0 Å². The van der Waals surface area contributed by atoms with Crippen LogP contribution >= 0.6 is 0 Å². The maximum absolute atomic E-state index is 2.45. The summed E-state index contributed by atoms with van der Waals surface area (Å²) in [6, 6.07) is 150. The molecule has 118 heavy (non-hydrogen) atoms. The SMILES string of the molecule is CC1(C)c2cccc(-c3cccc(-c4c5ccccc5c(-c5ccc6ccc7ccccc7c6c5)c5ccccc45)c3)c2-c2c1c1ccccc1c1ccccc21.CC1(C)c2cccc(-c3cccc(-c4c5ccccc5c(-c5cccc6c5ccc5cc7ccccc7cc56)c5ccccc45)c3)c2-c2c1c1ccccc1c1ccccc21. The van der Waals surface area contributed by atoms with Gasteiger partial charge in [-0.05, 0) is 282 Å². The largest absolute Gasteiger partial charge is 0.0616 e. The number of fused-ring (bicyclic) bond motifs is 27. The zero-order valence-electron chi connectivity index (χ0n) is 66.1. The molecule has 0 aromatic heterocycles. The van der Waals surface area contributed by atoms with Gasteiger partial charge in [0, 0.05) is 10.8 Å². The van der Waals surface area contributed by atoms with Crippen molar-refractivity contribution in [1.29, 1.82) is 0 Å². The van der Waals surface area contributed by atoms with Gasteiger partial charge in [0.15, 0.2) is 0 Å². The smallest absolute Gasteiger partial charge is 0.0165 e. The minimum Gasteiger partial charge on any atom is -0.0616 e. The monoisotopic (exact) mass is 1490 g/mol. The first kappa shape index (κ1) is 67.9. The minimum atomic E-state index is -0.161. The molecule has 0 bridgehead atoms. The van der Waals surface area contributed by atoms with Crippen molar-refractivity contribution in [2.24, 2.45) is 0 Å². The third-order valence-corrected chi connectivity index (χ3v) is 26.9. The number of hydrogen-bond acceptors (Lipinski definition) is 0. The molecule has 23 aromatic carbocycles. The molecule has 0 saturated carbocycles. The second kappa shape index (κ2) is 26.0. The summed E-state index contributed by atoms with van der Waals surface area (Å²) < 4.78 is 0. The van der Waals surface area contributed by atoms with Crippen LogP contribution in [0, 0.1) is 0 Å². The van der Waals surface area contributed by atoms with Crippen LogP contribution in [0.4, 0.5) is 0 Å². The lowest BCUT2D eigenvalue weighted by Crippen LogP contribution is -2.15. The molecule has 0 N–H and O–H groups in total. The van der Waals surface area contributed by atoms with Gasteiger partial charge in [0.05, 0.1) is 0 Å². The highest BCUT2D eigenvalue weighted by molar-refractivity contribution is 6.28. The maximum atomic E-state index is 2.45. The summed E-state index contributed by atoms with van der Waals surface area (Å²) in [4.78, 5) is 0. The Balaban J connectivity index is 0.000000135. The molecule has 0 fully saturated rings. The van der Waals surface area contributed by atoms with Crippen LogP contribution in [0.1, 0.15) is 49.9 Å². The fraction of sp³-hybridized carbons (Fsp3) is 0.0508. The molecule has 550 valence electrons. The lowest BCUT2D eigenvalue weighted by atomic mass is 9.79. The van der Waals surface area contributed by atoms with Gasteiger partial charge in [-0.1, -0.05) is 398 Å². The van der Waals surface area contributed by atoms with Crippen LogP contribution < -0.4 is 0 Å². The molecule has 0 nitrogen and oxygen atoms in total. The Morgan fingerprint density at radius 3 is 0.881 bits per heavy atom. The third-order valence-electron chi connectivity index (χ3n) is 26.9. The van der Waals surface area contributed by atoms with Gasteiger partial charge in [0.2, 0.25) is 0 Å². The molecule has 0 saturated heterocycles. The van der Waals surface area contributed by atoms with Gasteiger partial charge in [0.25, 0.3) is 0 Å². The van der Waals surface area contributed by atoms with E-state index in [0.717, 1.165) is 0 Å². The third kappa shape index (κ3) is 9.97. The molecule has 2 aliphatic rings. The van der Waals surface area contributed by atoms with Crippen LogP contribution in [0.3, 0.4) is 0 Å². The van der Waals surface area contributed by atoms with Crippen molar-refractivity contribution in [2.75, 3.05) is 0 Å². The minimum absolute atomic E-state index is 0.154. The highest BCUT2D eigenvalue weighted by atomic mass is 14.4. The normalized spacial score (nSPS) is 13.2. The van der Waals surface area contributed by atoms with E-state index in [4.69, 9.17) is 0 Å². The van der Waals surface area contributed by atoms with Crippen molar-refractivity contribution in [3.8, 4) is 89.0 Å². The number of benzene rings is 23.